The van der Waals surface area contributed by atoms with Crippen molar-refractivity contribution < 1.29 is 0 Å². The summed E-state index contributed by atoms with van der Waals surface area (Å²) in [5, 5.41) is 0. The first-order chi connectivity index (χ1) is 8.41. The van der Waals surface area contributed by atoms with E-state index in [4.69, 9.17) is 0 Å². The highest BCUT2D eigenvalue weighted by Gasteiger charge is 1.90. The fraction of sp³-hybridized carbons (Fsp3) is 0.647. The van der Waals surface area contributed by atoms with Crippen molar-refractivity contribution >= 4 is 0 Å². The number of allylic oxidation sites excluding steroid dienone is 5. The van der Waals surface area contributed by atoms with Gasteiger partial charge in [-0.2, -0.15) is 0 Å². The molecule has 0 nitrogen and oxygen atoms in total. The van der Waals surface area contributed by atoms with Crippen molar-refractivity contribution in [3.63, 3.8) is 0 Å². The lowest BCUT2D eigenvalue weighted by Gasteiger charge is -2.00. The zero-order valence-corrected chi connectivity index (χ0v) is 11.7. The number of hydrogen-bond acceptors (Lipinski definition) is 0. The molecule has 0 atom stereocenters. The minimum Gasteiger partial charge on any atom is -0.0991 e. The normalized spacial score (nSPS) is 11.6. The molecular weight excluding hydrogens is 204 g/mol. The van der Waals surface area contributed by atoms with Crippen molar-refractivity contribution in [1.29, 1.82) is 0 Å². The summed E-state index contributed by atoms with van der Waals surface area (Å²) in [5.41, 5.74) is 0. The standard InChI is InChI=1S/C17H30/c1-3-5-7-9-11-13-15-17-16-14-12-10-8-6-4-2/h3,5,7,9,11H,1,4,6,8,10,12-17H2,2H3/b7-5+,11-9?. The van der Waals surface area contributed by atoms with Crippen LogP contribution in [-0.2, 0) is 0 Å². The maximum absolute atomic E-state index is 3.63. The largest absolute Gasteiger partial charge is 0.0991 e. The van der Waals surface area contributed by atoms with E-state index in [1.807, 2.05) is 18.2 Å². The maximum Gasteiger partial charge on any atom is -0.0348 e. The molecule has 0 saturated carbocycles. The highest BCUT2D eigenvalue weighted by Crippen LogP contribution is 2.10. The highest BCUT2D eigenvalue weighted by molar-refractivity contribution is 5.08. The number of rotatable bonds is 12. The van der Waals surface area contributed by atoms with Gasteiger partial charge >= 0.3 is 0 Å². The molecular formula is C17H30. The van der Waals surface area contributed by atoms with Crippen molar-refractivity contribution in [3.8, 4) is 0 Å². The van der Waals surface area contributed by atoms with Crippen LogP contribution in [0.15, 0.2) is 37.0 Å². The van der Waals surface area contributed by atoms with Gasteiger partial charge in [0.15, 0.2) is 0 Å². The number of unbranched alkanes of at least 4 members (excludes halogenated alkanes) is 9. The Bertz CT molecular complexity index is 198. The highest BCUT2D eigenvalue weighted by atomic mass is 14.0. The van der Waals surface area contributed by atoms with Crippen molar-refractivity contribution in [1.82, 2.24) is 0 Å². The Morgan fingerprint density at radius 1 is 0.706 bits per heavy atom. The summed E-state index contributed by atoms with van der Waals surface area (Å²) >= 11 is 0. The molecule has 0 bridgehead atoms. The van der Waals surface area contributed by atoms with Crippen LogP contribution in [0.25, 0.3) is 0 Å². The molecule has 98 valence electrons. The van der Waals surface area contributed by atoms with E-state index in [1.165, 1.54) is 64.2 Å². The molecule has 0 N–H and O–H groups in total. The van der Waals surface area contributed by atoms with Gasteiger partial charge in [0.25, 0.3) is 0 Å². The Hall–Kier alpha value is -0.780. The van der Waals surface area contributed by atoms with Gasteiger partial charge in [0, 0.05) is 0 Å². The summed E-state index contributed by atoms with van der Waals surface area (Å²) in [7, 11) is 0. The third kappa shape index (κ3) is 15.2. The molecule has 0 radical (unpaired) electrons. The second kappa shape index (κ2) is 15.2. The van der Waals surface area contributed by atoms with Gasteiger partial charge in [-0.05, 0) is 12.8 Å². The van der Waals surface area contributed by atoms with E-state index in [-0.39, 0.29) is 0 Å². The second-order valence-corrected chi connectivity index (χ2v) is 4.67. The van der Waals surface area contributed by atoms with Gasteiger partial charge in [-0.15, -0.1) is 0 Å². The topological polar surface area (TPSA) is 0 Å². The molecule has 0 heteroatoms. The third-order valence-corrected chi connectivity index (χ3v) is 2.97. The van der Waals surface area contributed by atoms with Gasteiger partial charge in [-0.3, -0.25) is 0 Å². The summed E-state index contributed by atoms with van der Waals surface area (Å²) in [6, 6.07) is 0. The molecule has 0 spiro atoms. The van der Waals surface area contributed by atoms with Gasteiger partial charge < -0.3 is 0 Å². The van der Waals surface area contributed by atoms with Crippen molar-refractivity contribution in [2.75, 3.05) is 0 Å². The minimum absolute atomic E-state index is 1.22. The monoisotopic (exact) mass is 234 g/mol. The fourth-order valence-corrected chi connectivity index (χ4v) is 1.89. The average molecular weight is 234 g/mol. The van der Waals surface area contributed by atoms with E-state index in [1.54, 1.807) is 0 Å². The molecule has 0 aromatic heterocycles. The Balaban J connectivity index is 3.05. The fourth-order valence-electron chi connectivity index (χ4n) is 1.89. The summed E-state index contributed by atoms with van der Waals surface area (Å²) in [4.78, 5) is 0. The van der Waals surface area contributed by atoms with E-state index >= 15 is 0 Å². The predicted molar refractivity (Wildman–Crippen MR) is 80.3 cm³/mol. The Morgan fingerprint density at radius 3 is 1.88 bits per heavy atom. The third-order valence-electron chi connectivity index (χ3n) is 2.97. The first-order valence-electron chi connectivity index (χ1n) is 7.36. The van der Waals surface area contributed by atoms with Crippen LogP contribution in [0.2, 0.25) is 0 Å². The first kappa shape index (κ1) is 16.2. The van der Waals surface area contributed by atoms with Crippen LogP contribution in [0.1, 0.15) is 71.1 Å². The van der Waals surface area contributed by atoms with Gasteiger partial charge in [-0.25, -0.2) is 0 Å². The van der Waals surface area contributed by atoms with Gasteiger partial charge in [-0.1, -0.05) is 95.2 Å². The van der Waals surface area contributed by atoms with E-state index in [2.05, 4.69) is 25.7 Å². The van der Waals surface area contributed by atoms with Crippen LogP contribution in [0.4, 0.5) is 0 Å². The molecule has 0 heterocycles. The van der Waals surface area contributed by atoms with Crippen LogP contribution >= 0.6 is 0 Å². The molecule has 0 aromatic rings. The quantitative estimate of drug-likeness (QED) is 0.278. The SMILES string of the molecule is C=C/C=C/C=CCCCCCCCCCCC. The van der Waals surface area contributed by atoms with Gasteiger partial charge in [0.2, 0.25) is 0 Å². The summed E-state index contributed by atoms with van der Waals surface area (Å²) in [5.74, 6) is 0. The maximum atomic E-state index is 3.63. The average Bonchev–Trinajstić information content (AvgIpc) is 2.35. The molecule has 17 heavy (non-hydrogen) atoms. The molecule has 0 rings (SSSR count). The van der Waals surface area contributed by atoms with E-state index < -0.39 is 0 Å². The first-order valence-corrected chi connectivity index (χ1v) is 7.36. The van der Waals surface area contributed by atoms with Crippen molar-refractivity contribution in [2.45, 2.75) is 71.1 Å². The van der Waals surface area contributed by atoms with E-state index in [0.29, 0.717) is 0 Å². The van der Waals surface area contributed by atoms with Gasteiger partial charge in [0.1, 0.15) is 0 Å². The van der Waals surface area contributed by atoms with Crippen LogP contribution in [0, 0.1) is 0 Å². The lowest BCUT2D eigenvalue weighted by atomic mass is 10.1. The molecule has 0 aliphatic heterocycles. The molecule has 0 amide bonds. The molecule has 0 fully saturated rings. The van der Waals surface area contributed by atoms with Crippen LogP contribution < -0.4 is 0 Å². The molecule has 0 unspecified atom stereocenters. The van der Waals surface area contributed by atoms with Crippen molar-refractivity contribution in [2.24, 2.45) is 0 Å². The van der Waals surface area contributed by atoms with Crippen LogP contribution in [-0.4, -0.2) is 0 Å². The van der Waals surface area contributed by atoms with Crippen LogP contribution in [0.3, 0.4) is 0 Å². The smallest absolute Gasteiger partial charge is 0.0348 e. The summed E-state index contributed by atoms with van der Waals surface area (Å²) in [6.45, 7) is 5.91. The predicted octanol–water partition coefficient (Wildman–Crippen LogP) is 6.21. The summed E-state index contributed by atoms with van der Waals surface area (Å²) < 4.78 is 0. The molecule has 0 saturated heterocycles. The van der Waals surface area contributed by atoms with E-state index in [9.17, 15) is 0 Å². The zero-order valence-electron chi connectivity index (χ0n) is 11.7. The second-order valence-electron chi connectivity index (χ2n) is 4.67. The van der Waals surface area contributed by atoms with E-state index in [0.717, 1.165) is 0 Å². The number of hydrogen-bond donors (Lipinski definition) is 0. The molecule has 0 aromatic carbocycles. The summed E-state index contributed by atoms with van der Waals surface area (Å²) in [6.07, 6.45) is 24.1. The lowest BCUT2D eigenvalue weighted by molar-refractivity contribution is 0.566. The molecule has 0 aliphatic carbocycles. The van der Waals surface area contributed by atoms with Crippen LogP contribution in [0.5, 0.6) is 0 Å². The van der Waals surface area contributed by atoms with Gasteiger partial charge in [0.05, 0.1) is 0 Å². The Kier molecular flexibility index (Phi) is 14.5. The zero-order chi connectivity index (χ0) is 12.6. The molecule has 0 aliphatic rings. The Morgan fingerprint density at radius 2 is 1.29 bits per heavy atom. The Labute approximate surface area is 109 Å². The lowest BCUT2D eigenvalue weighted by Crippen LogP contribution is -1.80. The minimum atomic E-state index is 1.22. The van der Waals surface area contributed by atoms with Crippen molar-refractivity contribution in [3.05, 3.63) is 37.0 Å².